The number of rotatable bonds is 10. The van der Waals surface area contributed by atoms with E-state index in [-0.39, 0.29) is 0 Å². The van der Waals surface area contributed by atoms with Gasteiger partial charge in [-0.1, -0.05) is 12.1 Å². The summed E-state index contributed by atoms with van der Waals surface area (Å²) in [6.07, 6.45) is 3.26. The van der Waals surface area contributed by atoms with E-state index in [2.05, 4.69) is 36.3 Å². The van der Waals surface area contributed by atoms with Crippen LogP contribution >= 0.6 is 0 Å². The maximum Gasteiger partial charge on any atom is 0.191 e. The summed E-state index contributed by atoms with van der Waals surface area (Å²) in [4.78, 5) is 7.26. The van der Waals surface area contributed by atoms with Crippen molar-refractivity contribution in [1.82, 2.24) is 15.5 Å². The SMILES string of the molecule is CCNC(=NCCCOCc1ccc(OC)cc1)NC1CCN(C(C)C)CC1. The monoisotopic (exact) mass is 390 g/mol. The Morgan fingerprint density at radius 3 is 2.54 bits per heavy atom. The highest BCUT2D eigenvalue weighted by Gasteiger charge is 2.21. The Bertz CT molecular complexity index is 566. The summed E-state index contributed by atoms with van der Waals surface area (Å²) in [7, 11) is 1.68. The van der Waals surface area contributed by atoms with E-state index in [0.29, 0.717) is 25.3 Å². The molecule has 0 bridgehead atoms. The highest BCUT2D eigenvalue weighted by Crippen LogP contribution is 2.13. The Kier molecular flexibility index (Phi) is 10.1. The molecule has 1 aromatic carbocycles. The Morgan fingerprint density at radius 1 is 1.21 bits per heavy atom. The van der Waals surface area contributed by atoms with Crippen LogP contribution in [0.1, 0.15) is 45.6 Å². The minimum absolute atomic E-state index is 0.513. The van der Waals surface area contributed by atoms with Crippen molar-refractivity contribution in [2.45, 2.75) is 58.7 Å². The maximum atomic E-state index is 5.76. The van der Waals surface area contributed by atoms with E-state index in [9.17, 15) is 0 Å². The summed E-state index contributed by atoms with van der Waals surface area (Å²) in [5.41, 5.74) is 1.16. The number of hydrogen-bond acceptors (Lipinski definition) is 4. The number of guanidine groups is 1. The fourth-order valence-corrected chi connectivity index (χ4v) is 3.34. The minimum Gasteiger partial charge on any atom is -0.497 e. The lowest BCUT2D eigenvalue weighted by Gasteiger charge is -2.35. The van der Waals surface area contributed by atoms with Crippen molar-refractivity contribution in [3.8, 4) is 5.75 Å². The zero-order chi connectivity index (χ0) is 20.2. The van der Waals surface area contributed by atoms with Crippen LogP contribution in [0, 0.1) is 0 Å². The number of aliphatic imine (C=N–C) groups is 1. The molecule has 0 spiro atoms. The van der Waals surface area contributed by atoms with Gasteiger partial charge in [0.2, 0.25) is 0 Å². The van der Waals surface area contributed by atoms with Gasteiger partial charge in [0.15, 0.2) is 5.96 Å². The first-order valence-corrected chi connectivity index (χ1v) is 10.6. The molecule has 6 nitrogen and oxygen atoms in total. The van der Waals surface area contributed by atoms with Gasteiger partial charge in [0.1, 0.15) is 5.75 Å². The highest BCUT2D eigenvalue weighted by molar-refractivity contribution is 5.80. The van der Waals surface area contributed by atoms with Gasteiger partial charge in [0.05, 0.1) is 13.7 Å². The largest absolute Gasteiger partial charge is 0.497 e. The number of hydrogen-bond donors (Lipinski definition) is 2. The Labute approximate surface area is 170 Å². The number of nitrogens with one attached hydrogen (secondary N) is 2. The van der Waals surface area contributed by atoms with Crippen LogP contribution in [0.5, 0.6) is 5.75 Å². The average Bonchev–Trinajstić information content (AvgIpc) is 2.71. The van der Waals surface area contributed by atoms with Crippen molar-refractivity contribution in [2.75, 3.05) is 39.9 Å². The molecule has 0 aromatic heterocycles. The van der Waals surface area contributed by atoms with Crippen LogP contribution in [0.3, 0.4) is 0 Å². The van der Waals surface area contributed by atoms with E-state index >= 15 is 0 Å². The fraction of sp³-hybridized carbons (Fsp3) is 0.682. The molecular formula is C22H38N4O2. The van der Waals surface area contributed by atoms with Gasteiger partial charge in [0, 0.05) is 44.9 Å². The number of benzene rings is 1. The topological polar surface area (TPSA) is 58.1 Å². The molecule has 1 aromatic rings. The molecule has 1 heterocycles. The third-order valence-electron chi connectivity index (χ3n) is 5.09. The zero-order valence-corrected chi connectivity index (χ0v) is 18.0. The van der Waals surface area contributed by atoms with Gasteiger partial charge in [-0.25, -0.2) is 0 Å². The number of nitrogens with zero attached hydrogens (tertiary/aromatic N) is 2. The van der Waals surface area contributed by atoms with E-state index in [1.54, 1.807) is 7.11 Å². The summed E-state index contributed by atoms with van der Waals surface area (Å²) < 4.78 is 10.9. The van der Waals surface area contributed by atoms with E-state index < -0.39 is 0 Å². The number of likely N-dealkylation sites (tertiary alicyclic amines) is 1. The van der Waals surface area contributed by atoms with Crippen LogP contribution in [-0.4, -0.2) is 62.8 Å². The lowest BCUT2D eigenvalue weighted by Crippen LogP contribution is -2.49. The van der Waals surface area contributed by atoms with Crippen LogP contribution in [0.2, 0.25) is 0 Å². The predicted octanol–water partition coefficient (Wildman–Crippen LogP) is 3.03. The molecule has 0 amide bonds. The summed E-state index contributed by atoms with van der Waals surface area (Å²) in [5.74, 6) is 1.80. The molecule has 2 N–H and O–H groups in total. The van der Waals surface area contributed by atoms with Crippen molar-refractivity contribution in [1.29, 1.82) is 0 Å². The van der Waals surface area contributed by atoms with Gasteiger partial charge >= 0.3 is 0 Å². The van der Waals surface area contributed by atoms with Gasteiger partial charge < -0.3 is 25.0 Å². The number of ether oxygens (including phenoxy) is 2. The van der Waals surface area contributed by atoms with Crippen LogP contribution in [0.4, 0.5) is 0 Å². The molecule has 0 unspecified atom stereocenters. The van der Waals surface area contributed by atoms with Crippen molar-refractivity contribution < 1.29 is 9.47 Å². The van der Waals surface area contributed by atoms with E-state index in [4.69, 9.17) is 14.5 Å². The molecule has 1 fully saturated rings. The number of methoxy groups -OCH3 is 1. The van der Waals surface area contributed by atoms with Crippen molar-refractivity contribution in [2.24, 2.45) is 4.99 Å². The van der Waals surface area contributed by atoms with Gasteiger partial charge in [-0.15, -0.1) is 0 Å². The molecule has 1 saturated heterocycles. The summed E-state index contributed by atoms with van der Waals surface area (Å²) in [6.45, 7) is 12.0. The quantitative estimate of drug-likeness (QED) is 0.365. The molecule has 0 saturated carbocycles. The summed E-state index contributed by atoms with van der Waals surface area (Å²) >= 11 is 0. The third-order valence-corrected chi connectivity index (χ3v) is 5.09. The van der Waals surface area contributed by atoms with Crippen LogP contribution in [0.25, 0.3) is 0 Å². The van der Waals surface area contributed by atoms with Crippen molar-refractivity contribution >= 4 is 5.96 Å². The summed E-state index contributed by atoms with van der Waals surface area (Å²) in [5, 5.41) is 6.97. The van der Waals surface area contributed by atoms with Gasteiger partial charge in [0.25, 0.3) is 0 Å². The minimum atomic E-state index is 0.513. The second kappa shape index (κ2) is 12.6. The maximum absolute atomic E-state index is 5.76. The Hall–Kier alpha value is -1.79. The molecule has 1 aliphatic rings. The zero-order valence-electron chi connectivity index (χ0n) is 18.0. The normalized spacial score (nSPS) is 16.4. The van der Waals surface area contributed by atoms with E-state index in [1.807, 2.05) is 24.3 Å². The van der Waals surface area contributed by atoms with Gasteiger partial charge in [-0.3, -0.25) is 4.99 Å². The predicted molar refractivity (Wildman–Crippen MR) is 116 cm³/mol. The lowest BCUT2D eigenvalue weighted by molar-refractivity contribution is 0.120. The first-order chi connectivity index (χ1) is 13.6. The van der Waals surface area contributed by atoms with E-state index in [0.717, 1.165) is 49.9 Å². The Morgan fingerprint density at radius 2 is 1.93 bits per heavy atom. The second-order valence-electron chi connectivity index (χ2n) is 7.56. The van der Waals surface area contributed by atoms with Crippen molar-refractivity contribution in [3.05, 3.63) is 29.8 Å². The van der Waals surface area contributed by atoms with Crippen LogP contribution < -0.4 is 15.4 Å². The molecule has 0 aliphatic carbocycles. The smallest absolute Gasteiger partial charge is 0.191 e. The highest BCUT2D eigenvalue weighted by atomic mass is 16.5. The molecule has 0 atom stereocenters. The van der Waals surface area contributed by atoms with Gasteiger partial charge in [-0.2, -0.15) is 0 Å². The van der Waals surface area contributed by atoms with Crippen LogP contribution in [-0.2, 0) is 11.3 Å². The first-order valence-electron chi connectivity index (χ1n) is 10.6. The van der Waals surface area contributed by atoms with Crippen LogP contribution in [0.15, 0.2) is 29.3 Å². The molecule has 1 aliphatic heterocycles. The van der Waals surface area contributed by atoms with Gasteiger partial charge in [-0.05, 0) is 57.7 Å². The molecule has 2 rings (SSSR count). The third kappa shape index (κ3) is 8.07. The summed E-state index contributed by atoms with van der Waals surface area (Å²) in [6, 6.07) is 9.15. The fourth-order valence-electron chi connectivity index (χ4n) is 3.34. The standard InChI is InChI=1S/C22H38N4O2/c1-5-23-22(25-20-11-14-26(15-12-20)18(2)3)24-13-6-16-28-17-19-7-9-21(27-4)10-8-19/h7-10,18,20H,5-6,11-17H2,1-4H3,(H2,23,24,25). The molecule has 158 valence electrons. The molecule has 28 heavy (non-hydrogen) atoms. The average molecular weight is 391 g/mol. The second-order valence-corrected chi connectivity index (χ2v) is 7.56. The molecule has 6 heteroatoms. The molecule has 0 radical (unpaired) electrons. The number of piperidine rings is 1. The molecular weight excluding hydrogens is 352 g/mol. The Balaban J connectivity index is 1.65. The first kappa shape index (κ1) is 22.5. The van der Waals surface area contributed by atoms with Crippen molar-refractivity contribution in [3.63, 3.8) is 0 Å². The lowest BCUT2D eigenvalue weighted by atomic mass is 10.0. The van der Waals surface area contributed by atoms with E-state index in [1.165, 1.54) is 12.8 Å².